The van der Waals surface area contributed by atoms with Crippen LogP contribution in [0.5, 0.6) is 0 Å². The van der Waals surface area contributed by atoms with E-state index in [1.807, 2.05) is 32.5 Å². The molecule has 0 aliphatic carbocycles. The van der Waals surface area contributed by atoms with E-state index in [0.29, 0.717) is 11.2 Å². The highest BCUT2D eigenvalue weighted by atomic mass is 32.2. The van der Waals surface area contributed by atoms with E-state index in [-0.39, 0.29) is 0 Å². The van der Waals surface area contributed by atoms with Crippen molar-refractivity contribution in [3.05, 3.63) is 84.5 Å². The molecule has 2 nitrogen and oxygen atoms in total. The van der Waals surface area contributed by atoms with Gasteiger partial charge in [0, 0.05) is 21.8 Å². The second kappa shape index (κ2) is 15.7. The van der Waals surface area contributed by atoms with Crippen LogP contribution in [-0.4, -0.2) is 30.2 Å². The molecule has 33 heavy (non-hydrogen) atoms. The van der Waals surface area contributed by atoms with Gasteiger partial charge in [-0.2, -0.15) is 0 Å². The van der Waals surface area contributed by atoms with Crippen LogP contribution in [0.15, 0.2) is 83.2 Å². The van der Waals surface area contributed by atoms with Crippen LogP contribution in [-0.2, 0) is 0 Å². The molecule has 1 aliphatic heterocycles. The maximum Gasteiger partial charge on any atom is 0.0769 e. The van der Waals surface area contributed by atoms with E-state index >= 15 is 0 Å². The Hall–Kier alpha value is -2.10. The summed E-state index contributed by atoms with van der Waals surface area (Å²) in [5, 5.41) is 0.343. The molecular formula is C30H44N2S. The summed E-state index contributed by atoms with van der Waals surface area (Å²) in [6.07, 6.45) is 2.84. The molecule has 3 rings (SSSR count). The molecule has 0 radical (unpaired) electrons. The molecule has 2 aromatic carbocycles. The second-order valence-electron chi connectivity index (χ2n) is 8.02. The molecule has 0 fully saturated rings. The van der Waals surface area contributed by atoms with Gasteiger partial charge in [-0.15, -0.1) is 18.3 Å². The van der Waals surface area contributed by atoms with E-state index in [2.05, 4.69) is 94.3 Å². The average Bonchev–Trinajstić information content (AvgIpc) is 2.99. The molecule has 0 aromatic heterocycles. The number of allylic oxidation sites excluding steroid dienone is 2. The topological polar surface area (TPSA) is 15.6 Å². The number of fused-ring (bicyclic) bond motifs is 1. The highest BCUT2D eigenvalue weighted by molar-refractivity contribution is 7.99. The summed E-state index contributed by atoms with van der Waals surface area (Å²) in [5.74, 6) is 0.346. The first-order chi connectivity index (χ1) is 15.9. The number of aryl methyl sites for hydroxylation is 1. The predicted molar refractivity (Wildman–Crippen MR) is 151 cm³/mol. The van der Waals surface area contributed by atoms with Crippen molar-refractivity contribution in [2.75, 3.05) is 19.6 Å². The summed E-state index contributed by atoms with van der Waals surface area (Å²) in [4.78, 5) is 8.89. The van der Waals surface area contributed by atoms with Crippen molar-refractivity contribution in [2.24, 2.45) is 10.9 Å². The Morgan fingerprint density at radius 1 is 1.06 bits per heavy atom. The van der Waals surface area contributed by atoms with Crippen molar-refractivity contribution in [3.63, 3.8) is 0 Å². The molecule has 0 saturated carbocycles. The monoisotopic (exact) mass is 464 g/mol. The third kappa shape index (κ3) is 8.64. The highest BCUT2D eigenvalue weighted by Crippen LogP contribution is 2.49. The SMILES string of the molecule is C=C(C)C1=Nc2ccccc2SC(c2ccc(C)cc2)[C@@H]1CCN(CC)CC.C=CC.CC. The van der Waals surface area contributed by atoms with E-state index < -0.39 is 0 Å². The van der Waals surface area contributed by atoms with Crippen molar-refractivity contribution in [2.45, 2.75) is 65.0 Å². The molecule has 0 bridgehead atoms. The van der Waals surface area contributed by atoms with Crippen molar-refractivity contribution >= 4 is 23.2 Å². The van der Waals surface area contributed by atoms with Crippen LogP contribution in [0.4, 0.5) is 5.69 Å². The predicted octanol–water partition coefficient (Wildman–Crippen LogP) is 9.06. The van der Waals surface area contributed by atoms with E-state index in [9.17, 15) is 0 Å². The fraction of sp³-hybridized carbons (Fsp3) is 0.433. The number of nitrogens with zero attached hydrogens (tertiary/aromatic N) is 2. The number of aliphatic imine (C=N–C) groups is 1. The first kappa shape index (κ1) is 28.9. The zero-order chi connectivity index (χ0) is 24.8. The van der Waals surface area contributed by atoms with Gasteiger partial charge in [0.1, 0.15) is 0 Å². The molecule has 2 atom stereocenters. The minimum Gasteiger partial charge on any atom is -0.304 e. The van der Waals surface area contributed by atoms with E-state index in [0.717, 1.165) is 43.0 Å². The Morgan fingerprint density at radius 2 is 1.64 bits per heavy atom. The van der Waals surface area contributed by atoms with Crippen LogP contribution < -0.4 is 0 Å². The van der Waals surface area contributed by atoms with Crippen LogP contribution in [0, 0.1) is 12.8 Å². The number of para-hydroxylation sites is 1. The number of rotatable bonds is 7. The Morgan fingerprint density at radius 3 is 2.18 bits per heavy atom. The summed E-state index contributed by atoms with van der Waals surface area (Å²) in [6.45, 7) is 25.6. The van der Waals surface area contributed by atoms with Gasteiger partial charge in [0.2, 0.25) is 0 Å². The van der Waals surface area contributed by atoms with Gasteiger partial charge in [0.25, 0.3) is 0 Å². The smallest absolute Gasteiger partial charge is 0.0769 e. The average molecular weight is 465 g/mol. The summed E-state index contributed by atoms with van der Waals surface area (Å²) < 4.78 is 0. The normalized spacial score (nSPS) is 16.8. The van der Waals surface area contributed by atoms with Gasteiger partial charge in [-0.25, -0.2) is 0 Å². The zero-order valence-electron chi connectivity index (χ0n) is 21.9. The van der Waals surface area contributed by atoms with Gasteiger partial charge >= 0.3 is 0 Å². The van der Waals surface area contributed by atoms with Crippen LogP contribution in [0.3, 0.4) is 0 Å². The zero-order valence-corrected chi connectivity index (χ0v) is 22.7. The van der Waals surface area contributed by atoms with Crippen LogP contribution in [0.2, 0.25) is 0 Å². The lowest BCUT2D eigenvalue weighted by Crippen LogP contribution is -2.29. The molecule has 0 N–H and O–H groups in total. The maximum absolute atomic E-state index is 5.12. The highest BCUT2D eigenvalue weighted by Gasteiger charge is 2.32. The minimum absolute atomic E-state index is 0.343. The summed E-state index contributed by atoms with van der Waals surface area (Å²) in [6, 6.07) is 17.6. The Kier molecular flexibility index (Phi) is 13.8. The lowest BCUT2D eigenvalue weighted by molar-refractivity contribution is 0.288. The van der Waals surface area contributed by atoms with Gasteiger partial charge in [-0.3, -0.25) is 4.99 Å². The number of thioether (sulfide) groups is 1. The van der Waals surface area contributed by atoms with Crippen molar-refractivity contribution in [1.82, 2.24) is 4.90 Å². The fourth-order valence-corrected chi connectivity index (χ4v) is 5.23. The summed E-state index contributed by atoms with van der Waals surface area (Å²) >= 11 is 1.96. The van der Waals surface area contributed by atoms with Gasteiger partial charge in [0.15, 0.2) is 0 Å². The third-order valence-electron chi connectivity index (χ3n) is 5.57. The molecular weight excluding hydrogens is 420 g/mol. The molecule has 1 aliphatic rings. The first-order valence-electron chi connectivity index (χ1n) is 12.3. The van der Waals surface area contributed by atoms with E-state index in [1.165, 1.54) is 16.0 Å². The van der Waals surface area contributed by atoms with Gasteiger partial charge in [-0.05, 0) is 70.1 Å². The van der Waals surface area contributed by atoms with Crippen molar-refractivity contribution < 1.29 is 0 Å². The van der Waals surface area contributed by atoms with Crippen LogP contribution >= 0.6 is 11.8 Å². The van der Waals surface area contributed by atoms with Crippen LogP contribution in [0.25, 0.3) is 0 Å². The standard InChI is InChI=1S/C25H32N2S.C3H6.C2H6/c1-6-27(7-2)17-16-21-24(18(3)4)26-22-10-8-9-11-23(22)28-25(21)20-14-12-19(5)13-15-20;1-3-2;1-2/h8-15,21,25H,3,6-7,16-17H2,1-2,4-5H3;3H,1H2,2H3;1-2H3/t21-,25?;;/m1../s1. The lowest BCUT2D eigenvalue weighted by Gasteiger charge is -2.29. The molecule has 2 aromatic rings. The molecule has 0 amide bonds. The maximum atomic E-state index is 5.12. The Labute approximate surface area is 207 Å². The van der Waals surface area contributed by atoms with Gasteiger partial charge in [-0.1, -0.05) is 82.3 Å². The minimum atomic E-state index is 0.343. The summed E-state index contributed by atoms with van der Waals surface area (Å²) in [5.41, 5.74) is 6.00. The largest absolute Gasteiger partial charge is 0.304 e. The van der Waals surface area contributed by atoms with E-state index in [1.54, 1.807) is 6.08 Å². The fourth-order valence-electron chi connectivity index (χ4n) is 3.84. The Balaban J connectivity index is 0.00000101. The van der Waals surface area contributed by atoms with E-state index in [4.69, 9.17) is 4.99 Å². The van der Waals surface area contributed by atoms with Gasteiger partial charge < -0.3 is 4.90 Å². The number of hydrogen-bond donors (Lipinski definition) is 0. The number of benzene rings is 2. The molecule has 0 spiro atoms. The molecule has 3 heteroatoms. The molecule has 1 heterocycles. The summed E-state index contributed by atoms with van der Waals surface area (Å²) in [7, 11) is 0. The second-order valence-corrected chi connectivity index (χ2v) is 9.21. The molecule has 180 valence electrons. The number of hydrogen-bond acceptors (Lipinski definition) is 3. The van der Waals surface area contributed by atoms with Crippen LogP contribution in [0.1, 0.15) is 64.3 Å². The molecule has 0 saturated heterocycles. The third-order valence-corrected chi connectivity index (χ3v) is 7.02. The quantitative estimate of drug-likeness (QED) is 0.380. The van der Waals surface area contributed by atoms with Crippen molar-refractivity contribution in [3.8, 4) is 0 Å². The Bertz CT molecular complexity index is 878. The van der Waals surface area contributed by atoms with Crippen molar-refractivity contribution in [1.29, 1.82) is 0 Å². The lowest BCUT2D eigenvalue weighted by atomic mass is 9.87. The molecule has 1 unspecified atom stereocenters. The first-order valence-corrected chi connectivity index (χ1v) is 13.2. The van der Waals surface area contributed by atoms with Gasteiger partial charge in [0.05, 0.1) is 5.69 Å².